The lowest BCUT2D eigenvalue weighted by atomic mass is 9.86. The van der Waals surface area contributed by atoms with Gasteiger partial charge < -0.3 is 5.73 Å². The highest BCUT2D eigenvalue weighted by Crippen LogP contribution is 2.46. The number of hydrogen-bond acceptors (Lipinski definition) is 2. The summed E-state index contributed by atoms with van der Waals surface area (Å²) in [6, 6.07) is 8.59. The molecule has 0 spiro atoms. The van der Waals surface area contributed by atoms with Gasteiger partial charge in [0.2, 0.25) is 0 Å². The maximum atomic E-state index is 6.12. The molecule has 1 aromatic carbocycles. The molecule has 2 nitrogen and oxygen atoms in total. The molecule has 0 heterocycles. The smallest absolute Gasteiger partial charge is 0.0337 e. The zero-order valence-corrected chi connectivity index (χ0v) is 13.8. The van der Waals surface area contributed by atoms with Crippen molar-refractivity contribution >= 4 is 15.9 Å². The summed E-state index contributed by atoms with van der Waals surface area (Å²) < 4.78 is 1.13. The van der Waals surface area contributed by atoms with Crippen molar-refractivity contribution in [2.45, 2.75) is 45.2 Å². The van der Waals surface area contributed by atoms with Gasteiger partial charge in [-0.15, -0.1) is 0 Å². The van der Waals surface area contributed by atoms with Crippen LogP contribution in [0.15, 0.2) is 28.7 Å². The van der Waals surface area contributed by atoms with Crippen LogP contribution in [0.1, 0.15) is 38.7 Å². The topological polar surface area (TPSA) is 29.3 Å². The second kappa shape index (κ2) is 5.55. The molecule has 19 heavy (non-hydrogen) atoms. The molecule has 1 fully saturated rings. The normalized spacial score (nSPS) is 26.0. The third kappa shape index (κ3) is 3.39. The van der Waals surface area contributed by atoms with Crippen LogP contribution in [-0.2, 0) is 6.54 Å². The Bertz CT molecular complexity index is 427. The van der Waals surface area contributed by atoms with Crippen LogP contribution in [0.2, 0.25) is 0 Å². The van der Waals surface area contributed by atoms with E-state index in [0.717, 1.165) is 17.6 Å². The van der Waals surface area contributed by atoms with E-state index in [-0.39, 0.29) is 5.54 Å². The second-order valence-corrected chi connectivity index (χ2v) is 7.67. The Labute approximate surface area is 125 Å². The lowest BCUT2D eigenvalue weighted by Gasteiger charge is -2.39. The molecule has 0 saturated heterocycles. The summed E-state index contributed by atoms with van der Waals surface area (Å²) in [6.45, 7) is 6.44. The first-order valence-electron chi connectivity index (χ1n) is 7.03. The van der Waals surface area contributed by atoms with Crippen LogP contribution < -0.4 is 5.73 Å². The Morgan fingerprint density at radius 2 is 1.84 bits per heavy atom. The Morgan fingerprint density at radius 3 is 2.32 bits per heavy atom. The van der Waals surface area contributed by atoms with E-state index in [1.165, 1.54) is 24.8 Å². The standard InChI is InChI=1S/C16H25BrN2/c1-15(2)8-9-16(11-15,12-18)19(3)10-13-4-6-14(17)7-5-13/h4-7H,8-12,18H2,1-3H3. The first-order valence-corrected chi connectivity index (χ1v) is 7.82. The molecule has 1 aliphatic rings. The number of nitrogens with zero attached hydrogens (tertiary/aromatic N) is 1. The predicted octanol–water partition coefficient (Wildman–Crippen LogP) is 3.79. The molecule has 0 aromatic heterocycles. The highest BCUT2D eigenvalue weighted by Gasteiger charge is 2.44. The van der Waals surface area contributed by atoms with Crippen molar-refractivity contribution in [3.8, 4) is 0 Å². The van der Waals surface area contributed by atoms with Crippen molar-refractivity contribution in [2.24, 2.45) is 11.1 Å². The van der Waals surface area contributed by atoms with Crippen molar-refractivity contribution in [3.63, 3.8) is 0 Å². The molecule has 106 valence electrons. The zero-order chi connectivity index (χ0) is 14.1. The summed E-state index contributed by atoms with van der Waals surface area (Å²) in [6.07, 6.45) is 3.68. The summed E-state index contributed by atoms with van der Waals surface area (Å²) >= 11 is 3.48. The third-order valence-corrected chi connectivity index (χ3v) is 5.13. The molecular formula is C16H25BrN2. The van der Waals surface area contributed by atoms with Crippen molar-refractivity contribution in [1.29, 1.82) is 0 Å². The highest BCUT2D eigenvalue weighted by molar-refractivity contribution is 9.10. The van der Waals surface area contributed by atoms with E-state index >= 15 is 0 Å². The van der Waals surface area contributed by atoms with E-state index in [1.807, 2.05) is 0 Å². The average molecular weight is 325 g/mol. The maximum Gasteiger partial charge on any atom is 0.0337 e. The number of halogens is 1. The minimum atomic E-state index is 0.177. The van der Waals surface area contributed by atoms with Crippen LogP contribution >= 0.6 is 15.9 Å². The summed E-state index contributed by atoms with van der Waals surface area (Å²) in [5.41, 5.74) is 8.07. The van der Waals surface area contributed by atoms with Crippen LogP contribution in [0.3, 0.4) is 0 Å². The third-order valence-electron chi connectivity index (χ3n) is 4.60. The van der Waals surface area contributed by atoms with Crippen LogP contribution in [0.4, 0.5) is 0 Å². The van der Waals surface area contributed by atoms with Gasteiger partial charge in [0.05, 0.1) is 0 Å². The average Bonchev–Trinajstić information content (AvgIpc) is 2.69. The van der Waals surface area contributed by atoms with Crippen molar-refractivity contribution in [3.05, 3.63) is 34.3 Å². The summed E-state index contributed by atoms with van der Waals surface area (Å²) in [7, 11) is 2.22. The lowest BCUT2D eigenvalue weighted by molar-refractivity contribution is 0.111. The van der Waals surface area contributed by atoms with E-state index in [0.29, 0.717) is 5.41 Å². The van der Waals surface area contributed by atoms with Crippen LogP contribution in [-0.4, -0.2) is 24.0 Å². The molecule has 1 aromatic rings. The van der Waals surface area contributed by atoms with Crippen LogP contribution in [0.5, 0.6) is 0 Å². The Kier molecular flexibility index (Phi) is 4.38. The Balaban J connectivity index is 2.09. The summed E-state index contributed by atoms with van der Waals surface area (Å²) in [4.78, 5) is 2.46. The lowest BCUT2D eigenvalue weighted by Crippen LogP contribution is -2.50. The van der Waals surface area contributed by atoms with Gasteiger partial charge in [-0.3, -0.25) is 4.90 Å². The van der Waals surface area contributed by atoms with Gasteiger partial charge in [-0.1, -0.05) is 41.9 Å². The van der Waals surface area contributed by atoms with E-state index in [1.54, 1.807) is 0 Å². The van der Waals surface area contributed by atoms with Crippen molar-refractivity contribution in [2.75, 3.05) is 13.6 Å². The molecule has 3 heteroatoms. The number of benzene rings is 1. The quantitative estimate of drug-likeness (QED) is 0.913. The van der Waals surface area contributed by atoms with E-state index in [9.17, 15) is 0 Å². The zero-order valence-electron chi connectivity index (χ0n) is 12.2. The molecule has 0 bridgehead atoms. The Morgan fingerprint density at radius 1 is 1.21 bits per heavy atom. The van der Waals surface area contributed by atoms with Crippen LogP contribution in [0, 0.1) is 5.41 Å². The van der Waals surface area contributed by atoms with E-state index < -0.39 is 0 Å². The van der Waals surface area contributed by atoms with E-state index in [4.69, 9.17) is 5.73 Å². The van der Waals surface area contributed by atoms with Crippen molar-refractivity contribution in [1.82, 2.24) is 4.90 Å². The molecule has 2 N–H and O–H groups in total. The van der Waals surface area contributed by atoms with Gasteiger partial charge in [0.1, 0.15) is 0 Å². The summed E-state index contributed by atoms with van der Waals surface area (Å²) in [5, 5.41) is 0. The second-order valence-electron chi connectivity index (χ2n) is 6.75. The fourth-order valence-electron chi connectivity index (χ4n) is 3.33. The SMILES string of the molecule is CN(Cc1ccc(Br)cc1)C1(CN)CCC(C)(C)C1. The highest BCUT2D eigenvalue weighted by atomic mass is 79.9. The molecule has 1 unspecified atom stereocenters. The number of likely N-dealkylation sites (N-methyl/N-ethyl adjacent to an activating group) is 1. The molecule has 1 atom stereocenters. The largest absolute Gasteiger partial charge is 0.329 e. The van der Waals surface area contributed by atoms with Crippen molar-refractivity contribution < 1.29 is 0 Å². The molecule has 0 radical (unpaired) electrons. The van der Waals surface area contributed by atoms with Gasteiger partial charge in [0.15, 0.2) is 0 Å². The first-order chi connectivity index (χ1) is 8.87. The minimum Gasteiger partial charge on any atom is -0.329 e. The number of rotatable bonds is 4. The molecule has 0 aliphatic heterocycles. The van der Waals surface area contributed by atoms with Gasteiger partial charge >= 0.3 is 0 Å². The fourth-order valence-corrected chi connectivity index (χ4v) is 3.59. The maximum absolute atomic E-state index is 6.12. The molecule has 2 rings (SSSR count). The van der Waals surface area contributed by atoms with Gasteiger partial charge in [-0.25, -0.2) is 0 Å². The molecule has 0 amide bonds. The number of nitrogens with two attached hydrogens (primary N) is 1. The number of hydrogen-bond donors (Lipinski definition) is 1. The van der Waals surface area contributed by atoms with Crippen LogP contribution in [0.25, 0.3) is 0 Å². The van der Waals surface area contributed by atoms with Gasteiger partial charge in [-0.2, -0.15) is 0 Å². The molecular weight excluding hydrogens is 300 g/mol. The minimum absolute atomic E-state index is 0.177. The van der Waals surface area contributed by atoms with Gasteiger partial charge in [-0.05, 0) is 49.4 Å². The fraction of sp³-hybridized carbons (Fsp3) is 0.625. The molecule has 1 saturated carbocycles. The van der Waals surface area contributed by atoms with E-state index in [2.05, 4.69) is 66.0 Å². The Hall–Kier alpha value is -0.380. The molecule has 1 aliphatic carbocycles. The predicted molar refractivity (Wildman–Crippen MR) is 85.0 cm³/mol. The first kappa shape index (κ1) is 15.0. The monoisotopic (exact) mass is 324 g/mol. The van der Waals surface area contributed by atoms with Gasteiger partial charge in [0, 0.05) is 23.1 Å². The van der Waals surface area contributed by atoms with Gasteiger partial charge in [0.25, 0.3) is 0 Å². The summed E-state index contributed by atoms with van der Waals surface area (Å²) in [5.74, 6) is 0.